The molecule has 1 heterocycles. The van der Waals surface area contributed by atoms with Crippen LogP contribution in [0.1, 0.15) is 18.5 Å². The maximum Gasteiger partial charge on any atom is 0.341 e. The van der Waals surface area contributed by atoms with Crippen LogP contribution in [0.4, 0.5) is 10.5 Å². The lowest BCUT2D eigenvalue weighted by Crippen LogP contribution is -2.45. The number of hydrogen-bond acceptors (Lipinski definition) is 5. The predicted molar refractivity (Wildman–Crippen MR) is 108 cm³/mol. The zero-order valence-corrected chi connectivity index (χ0v) is 16.4. The van der Waals surface area contributed by atoms with Crippen LogP contribution in [0.2, 0.25) is 0 Å². The molecule has 1 atom stereocenters. The second kappa shape index (κ2) is 8.99. The molecule has 9 nitrogen and oxygen atoms in total. The summed E-state index contributed by atoms with van der Waals surface area (Å²) in [5, 5.41) is 16.9. The fourth-order valence-electron chi connectivity index (χ4n) is 3.02. The molecule has 1 aliphatic heterocycles. The molecule has 0 saturated carbocycles. The van der Waals surface area contributed by atoms with Gasteiger partial charge in [0.25, 0.3) is 5.91 Å². The smallest absolute Gasteiger partial charge is 0.341 e. The summed E-state index contributed by atoms with van der Waals surface area (Å²) >= 11 is 0. The molecular weight excluding hydrogens is 390 g/mol. The predicted octanol–water partition coefficient (Wildman–Crippen LogP) is 2.43. The maximum atomic E-state index is 13.0. The topological polar surface area (TPSA) is 126 Å². The minimum absolute atomic E-state index is 0.352. The molecule has 0 fully saturated rings. The van der Waals surface area contributed by atoms with Crippen molar-refractivity contribution in [3.05, 3.63) is 65.4 Å². The van der Waals surface area contributed by atoms with E-state index < -0.39 is 24.6 Å². The van der Waals surface area contributed by atoms with Crippen molar-refractivity contribution < 1.29 is 29.0 Å². The summed E-state index contributed by atoms with van der Waals surface area (Å²) in [6.07, 6.45) is 0. The average Bonchev–Trinajstić information content (AvgIpc) is 2.72. The van der Waals surface area contributed by atoms with Crippen LogP contribution in [0.3, 0.4) is 0 Å². The number of carboxylic acid groups (broad SMARTS) is 1. The highest BCUT2D eigenvalue weighted by Crippen LogP contribution is 2.29. The Labute approximate surface area is 172 Å². The first-order chi connectivity index (χ1) is 14.4. The quantitative estimate of drug-likeness (QED) is 0.554. The van der Waals surface area contributed by atoms with Crippen molar-refractivity contribution in [2.24, 2.45) is 0 Å². The molecular formula is C21H21N3O6. The van der Waals surface area contributed by atoms with E-state index in [4.69, 9.17) is 14.6 Å². The zero-order valence-electron chi connectivity index (χ0n) is 16.4. The normalized spacial score (nSPS) is 15.7. The van der Waals surface area contributed by atoms with Gasteiger partial charge in [-0.2, -0.15) is 0 Å². The molecule has 2 aromatic carbocycles. The van der Waals surface area contributed by atoms with Crippen molar-refractivity contribution in [1.29, 1.82) is 0 Å². The first-order valence-electron chi connectivity index (χ1n) is 9.05. The lowest BCUT2D eigenvalue weighted by molar-refractivity contribution is -0.139. The van der Waals surface area contributed by atoms with Crippen molar-refractivity contribution in [2.75, 3.05) is 19.0 Å². The molecule has 2 aromatic rings. The summed E-state index contributed by atoms with van der Waals surface area (Å²) in [6.45, 7) is 1.19. The third-order valence-corrected chi connectivity index (χ3v) is 4.44. The summed E-state index contributed by atoms with van der Waals surface area (Å²) in [7, 11) is 1.56. The number of allylic oxidation sites excluding steroid dienone is 1. The average molecular weight is 411 g/mol. The molecule has 0 spiro atoms. The van der Waals surface area contributed by atoms with Crippen LogP contribution >= 0.6 is 0 Å². The number of carboxylic acids is 1. The summed E-state index contributed by atoms with van der Waals surface area (Å²) in [5.74, 6) is -0.425. The number of carbonyl (C=O) groups excluding carboxylic acids is 2. The maximum absolute atomic E-state index is 13.0. The van der Waals surface area contributed by atoms with E-state index in [0.717, 1.165) is 0 Å². The minimum Gasteiger partial charge on any atom is -0.497 e. The van der Waals surface area contributed by atoms with E-state index in [0.29, 0.717) is 34.0 Å². The van der Waals surface area contributed by atoms with Gasteiger partial charge >= 0.3 is 12.0 Å². The molecule has 4 N–H and O–H groups in total. The van der Waals surface area contributed by atoms with Gasteiger partial charge in [-0.3, -0.25) is 4.79 Å². The Morgan fingerprint density at radius 1 is 1.07 bits per heavy atom. The van der Waals surface area contributed by atoms with Crippen LogP contribution in [0.5, 0.6) is 11.5 Å². The van der Waals surface area contributed by atoms with Gasteiger partial charge in [-0.05, 0) is 48.9 Å². The molecule has 0 unspecified atom stereocenters. The van der Waals surface area contributed by atoms with Crippen molar-refractivity contribution in [2.45, 2.75) is 13.0 Å². The second-order valence-electron chi connectivity index (χ2n) is 6.50. The van der Waals surface area contributed by atoms with Crippen molar-refractivity contribution in [1.82, 2.24) is 10.6 Å². The van der Waals surface area contributed by atoms with Gasteiger partial charge in [-0.25, -0.2) is 9.59 Å². The third kappa shape index (κ3) is 4.88. The van der Waals surface area contributed by atoms with Crippen molar-refractivity contribution >= 4 is 23.6 Å². The standard InChI is InChI=1S/C21H21N3O6/c1-12-18(20(27)23-14-5-9-15(29-2)10-6-14)19(24-21(28)22-12)13-3-7-16(8-4-13)30-11-17(25)26/h3-10,19H,11H2,1-2H3,(H,23,27)(H,25,26)(H2,22,24,28)/t19-/m1/s1. The SMILES string of the molecule is COc1ccc(NC(=O)C2=C(C)NC(=O)N[C@@H]2c2ccc(OCC(=O)O)cc2)cc1. The van der Waals surface area contributed by atoms with E-state index in [9.17, 15) is 14.4 Å². The first-order valence-corrected chi connectivity index (χ1v) is 9.05. The lowest BCUT2D eigenvalue weighted by Gasteiger charge is -2.28. The molecule has 9 heteroatoms. The van der Waals surface area contributed by atoms with E-state index in [1.54, 1.807) is 62.6 Å². The molecule has 0 aromatic heterocycles. The Bertz CT molecular complexity index is 983. The van der Waals surface area contributed by atoms with Crippen LogP contribution in [0, 0.1) is 0 Å². The van der Waals surface area contributed by atoms with E-state index >= 15 is 0 Å². The zero-order chi connectivity index (χ0) is 21.7. The highest BCUT2D eigenvalue weighted by Gasteiger charge is 2.31. The van der Waals surface area contributed by atoms with Gasteiger partial charge in [0.1, 0.15) is 11.5 Å². The van der Waals surface area contributed by atoms with E-state index in [-0.39, 0.29) is 5.91 Å². The molecule has 1 aliphatic rings. The molecule has 0 saturated heterocycles. The monoisotopic (exact) mass is 411 g/mol. The number of benzene rings is 2. The van der Waals surface area contributed by atoms with Gasteiger partial charge in [0.15, 0.2) is 6.61 Å². The Morgan fingerprint density at radius 2 is 1.70 bits per heavy atom. The number of urea groups is 1. The van der Waals surface area contributed by atoms with Gasteiger partial charge in [0, 0.05) is 11.4 Å². The molecule has 30 heavy (non-hydrogen) atoms. The number of anilines is 1. The van der Waals surface area contributed by atoms with Crippen LogP contribution in [0.25, 0.3) is 0 Å². The van der Waals surface area contributed by atoms with Crippen LogP contribution < -0.4 is 25.4 Å². The first kappa shape index (κ1) is 20.7. The fourth-order valence-corrected chi connectivity index (χ4v) is 3.02. The van der Waals surface area contributed by atoms with Crippen LogP contribution in [-0.2, 0) is 9.59 Å². The minimum atomic E-state index is -1.08. The number of rotatable bonds is 7. The highest BCUT2D eigenvalue weighted by atomic mass is 16.5. The van der Waals surface area contributed by atoms with Gasteiger partial charge in [0.05, 0.1) is 18.7 Å². The molecule has 0 radical (unpaired) electrons. The number of carbonyl (C=O) groups is 3. The Kier molecular flexibility index (Phi) is 6.21. The Balaban J connectivity index is 1.83. The van der Waals surface area contributed by atoms with Gasteiger partial charge in [0.2, 0.25) is 0 Å². The van der Waals surface area contributed by atoms with Crippen LogP contribution in [-0.4, -0.2) is 36.7 Å². The summed E-state index contributed by atoms with van der Waals surface area (Å²) in [5.41, 5.74) is 2.01. The number of ether oxygens (including phenoxy) is 2. The summed E-state index contributed by atoms with van der Waals surface area (Å²) < 4.78 is 10.2. The second-order valence-corrected chi connectivity index (χ2v) is 6.50. The largest absolute Gasteiger partial charge is 0.497 e. The molecule has 3 amide bonds. The number of amides is 3. The van der Waals surface area contributed by atoms with Gasteiger partial charge in [-0.15, -0.1) is 0 Å². The van der Waals surface area contributed by atoms with Crippen LogP contribution in [0.15, 0.2) is 59.8 Å². The number of methoxy groups -OCH3 is 1. The number of aliphatic carboxylic acids is 1. The van der Waals surface area contributed by atoms with Crippen molar-refractivity contribution in [3.63, 3.8) is 0 Å². The lowest BCUT2D eigenvalue weighted by atomic mass is 9.94. The van der Waals surface area contributed by atoms with E-state index in [1.165, 1.54) is 0 Å². The van der Waals surface area contributed by atoms with E-state index in [2.05, 4.69) is 16.0 Å². The number of hydrogen-bond donors (Lipinski definition) is 4. The van der Waals surface area contributed by atoms with E-state index in [1.807, 2.05) is 0 Å². The summed E-state index contributed by atoms with van der Waals surface area (Å²) in [6, 6.07) is 12.3. The molecule has 3 rings (SSSR count). The summed E-state index contributed by atoms with van der Waals surface area (Å²) in [4.78, 5) is 35.6. The third-order valence-electron chi connectivity index (χ3n) is 4.44. The number of nitrogens with one attached hydrogen (secondary N) is 3. The molecule has 156 valence electrons. The van der Waals surface area contributed by atoms with Gasteiger partial charge < -0.3 is 30.5 Å². The Hall–Kier alpha value is -4.01. The fraction of sp³-hybridized carbons (Fsp3) is 0.190. The highest BCUT2D eigenvalue weighted by molar-refractivity contribution is 6.06. The van der Waals surface area contributed by atoms with Gasteiger partial charge in [-0.1, -0.05) is 12.1 Å². The molecule has 0 bridgehead atoms. The molecule has 0 aliphatic carbocycles. The van der Waals surface area contributed by atoms with Crippen molar-refractivity contribution in [3.8, 4) is 11.5 Å². The Morgan fingerprint density at radius 3 is 2.30 bits per heavy atom.